The van der Waals surface area contributed by atoms with Crippen molar-refractivity contribution in [2.75, 3.05) is 0 Å². The van der Waals surface area contributed by atoms with E-state index in [1.54, 1.807) is 72.8 Å². The smallest absolute Gasteiger partial charge is 0.255 e. The fourth-order valence-corrected chi connectivity index (χ4v) is 13.0. The number of nitrogens with zero attached hydrogens (tertiary/aromatic N) is 3. The van der Waals surface area contributed by atoms with Crippen LogP contribution in [-0.2, 0) is 34.0 Å². The highest BCUT2D eigenvalue weighted by Crippen LogP contribution is 2.35. The molecule has 0 heterocycles. The zero-order valence-corrected chi connectivity index (χ0v) is 51.2. The van der Waals surface area contributed by atoms with Gasteiger partial charge >= 0.3 is 0 Å². The molecule has 3 aliphatic carbocycles. The molecule has 3 fully saturated rings. The highest BCUT2D eigenvalue weighted by Gasteiger charge is 2.39. The second-order valence-corrected chi connectivity index (χ2v) is 24.8. The monoisotopic (exact) mass is 1220 g/mol. The van der Waals surface area contributed by atoms with Crippen LogP contribution in [0.15, 0.2) is 182 Å². The van der Waals surface area contributed by atoms with Gasteiger partial charge in [0.15, 0.2) is 0 Å². The largest absolute Gasteiger partial charge is 0.351 e. The lowest BCUT2D eigenvalue weighted by Gasteiger charge is -2.35. The molecular formula is C72H75Cl3N6O6. The summed E-state index contributed by atoms with van der Waals surface area (Å²) in [6.07, 6.45) is 13.6. The number of amides is 6. The normalized spacial score (nSPS) is 15.9. The lowest BCUT2D eigenvalue weighted by molar-refractivity contribution is -0.127. The summed E-state index contributed by atoms with van der Waals surface area (Å²) in [5, 5.41) is 11.2. The number of benzene rings is 7. The minimum Gasteiger partial charge on any atom is -0.351 e. The molecule has 3 N–H and O–H groups in total. The molecule has 10 rings (SSSR count). The second-order valence-electron chi connectivity index (χ2n) is 23.4. The topological polar surface area (TPSA) is 148 Å². The molecule has 3 saturated carbocycles. The Morgan fingerprint density at radius 1 is 0.333 bits per heavy atom. The average Bonchev–Trinajstić information content (AvgIpc) is 2.85. The maximum absolute atomic E-state index is 16.4. The van der Waals surface area contributed by atoms with E-state index < -0.39 is 53.6 Å². The first-order valence-electron chi connectivity index (χ1n) is 30.7. The molecular weight excluding hydrogens is 1150 g/mol. The van der Waals surface area contributed by atoms with Crippen LogP contribution in [0, 0.1) is 0 Å². The number of hydrogen-bond acceptors (Lipinski definition) is 6. The van der Waals surface area contributed by atoms with Gasteiger partial charge in [0.05, 0.1) is 0 Å². The standard InChI is InChI=1S/C72H75Cl3N6O6/c73-58-37-31-52(32-38-58)64(67(82)76-61-25-13-4-14-26-61)79(46-49-19-7-1-8-20-49)70(85)55-43-56(71(86)80(47-50-21-9-2-10-22-50)65(53-33-39-59(74)40-34-53)68(83)77-62-27-15-5-16-28-62)45-57(44-55)72(87)81(48-51-23-11-3-12-24-51)66(54-35-41-60(75)42-36-54)69(84)78-63-29-17-6-18-30-63/h1-3,7-12,19-24,31-45,61-66H,4-6,13-18,25-30,46-48H2,(H,76,82)(H,77,83)(H,78,84)/t64-,65-,66-/m0/s1. The van der Waals surface area contributed by atoms with Gasteiger partial charge in [0.2, 0.25) is 17.7 Å². The van der Waals surface area contributed by atoms with E-state index in [9.17, 15) is 0 Å². The van der Waals surface area contributed by atoms with Crippen molar-refractivity contribution in [3.8, 4) is 0 Å². The molecule has 3 aliphatic rings. The molecule has 87 heavy (non-hydrogen) atoms. The van der Waals surface area contributed by atoms with Crippen LogP contribution < -0.4 is 16.0 Å². The van der Waals surface area contributed by atoms with E-state index in [-0.39, 0.29) is 54.5 Å². The van der Waals surface area contributed by atoms with Crippen molar-refractivity contribution in [3.05, 3.63) is 247 Å². The van der Waals surface area contributed by atoms with Gasteiger partial charge in [-0.2, -0.15) is 0 Å². The van der Waals surface area contributed by atoms with Gasteiger partial charge < -0.3 is 30.7 Å². The highest BCUT2D eigenvalue weighted by atomic mass is 35.5. The zero-order chi connectivity index (χ0) is 60.7. The van der Waals surface area contributed by atoms with E-state index >= 15 is 28.8 Å². The van der Waals surface area contributed by atoms with Gasteiger partial charge in [0.25, 0.3) is 17.7 Å². The van der Waals surface area contributed by atoms with Crippen molar-refractivity contribution in [2.24, 2.45) is 0 Å². The van der Waals surface area contributed by atoms with Crippen LogP contribution in [0.3, 0.4) is 0 Å². The lowest BCUT2D eigenvalue weighted by atomic mass is 9.93. The van der Waals surface area contributed by atoms with E-state index in [4.69, 9.17) is 34.8 Å². The van der Waals surface area contributed by atoms with Gasteiger partial charge in [0.1, 0.15) is 18.1 Å². The molecule has 3 atom stereocenters. The Balaban J connectivity index is 1.18. The predicted octanol–water partition coefficient (Wildman–Crippen LogP) is 15.1. The lowest BCUT2D eigenvalue weighted by Crippen LogP contribution is -2.48. The maximum atomic E-state index is 16.4. The predicted molar refractivity (Wildman–Crippen MR) is 343 cm³/mol. The van der Waals surface area contributed by atoms with Crippen molar-refractivity contribution in [3.63, 3.8) is 0 Å². The number of hydrogen-bond donors (Lipinski definition) is 3. The Kier molecular flexibility index (Phi) is 21.6. The number of rotatable bonds is 21. The van der Waals surface area contributed by atoms with Gasteiger partial charge in [-0.15, -0.1) is 0 Å². The van der Waals surface area contributed by atoms with Crippen molar-refractivity contribution in [2.45, 2.75) is 152 Å². The fraction of sp³-hybridized carbons (Fsp3) is 0.333. The summed E-state index contributed by atoms with van der Waals surface area (Å²) in [5.74, 6) is -3.20. The highest BCUT2D eigenvalue weighted by molar-refractivity contribution is 6.31. The molecule has 0 spiro atoms. The first-order valence-corrected chi connectivity index (χ1v) is 31.9. The molecule has 12 nitrogen and oxygen atoms in total. The third kappa shape index (κ3) is 16.5. The summed E-state index contributed by atoms with van der Waals surface area (Å²) in [5.41, 5.74) is 3.36. The summed E-state index contributed by atoms with van der Waals surface area (Å²) in [6.45, 7) is -0.188. The van der Waals surface area contributed by atoms with Gasteiger partial charge in [-0.05, 0) is 127 Å². The number of halogens is 3. The van der Waals surface area contributed by atoms with Crippen LogP contribution in [-0.4, -0.2) is 68.3 Å². The average molecular weight is 1230 g/mol. The van der Waals surface area contributed by atoms with Gasteiger partial charge in [-0.3, -0.25) is 28.8 Å². The van der Waals surface area contributed by atoms with Crippen LogP contribution in [0.25, 0.3) is 0 Å². The second kappa shape index (κ2) is 30.2. The molecule has 0 unspecified atom stereocenters. The van der Waals surface area contributed by atoms with E-state index in [2.05, 4.69) is 16.0 Å². The third-order valence-corrected chi connectivity index (χ3v) is 17.9. The molecule has 0 radical (unpaired) electrons. The van der Waals surface area contributed by atoms with Crippen molar-refractivity contribution in [1.82, 2.24) is 30.7 Å². The molecule has 0 saturated heterocycles. The van der Waals surface area contributed by atoms with E-state index in [1.807, 2.05) is 91.0 Å². The molecule has 0 aromatic heterocycles. The number of carbonyl (C=O) groups is 6. The van der Waals surface area contributed by atoms with E-state index in [0.717, 1.165) is 96.3 Å². The molecule has 0 aliphatic heterocycles. The van der Waals surface area contributed by atoms with Gasteiger partial charge in [0, 0.05) is 69.5 Å². The summed E-state index contributed by atoms with van der Waals surface area (Å²) < 4.78 is 0. The molecule has 0 bridgehead atoms. The summed E-state index contributed by atoms with van der Waals surface area (Å²) in [6, 6.07) is 48.9. The maximum Gasteiger partial charge on any atom is 0.255 e. The van der Waals surface area contributed by atoms with Gasteiger partial charge in [-0.25, -0.2) is 0 Å². The summed E-state index contributed by atoms with van der Waals surface area (Å²) in [7, 11) is 0. The fourth-order valence-electron chi connectivity index (χ4n) is 12.6. The Labute approximate surface area is 526 Å². The Morgan fingerprint density at radius 2 is 0.563 bits per heavy atom. The minimum absolute atomic E-state index is 0.0628. The summed E-state index contributed by atoms with van der Waals surface area (Å²) in [4.78, 5) is 99.6. The quantitative estimate of drug-likeness (QED) is 0.0653. The molecule has 7 aromatic carbocycles. The first kappa shape index (κ1) is 62.3. The van der Waals surface area contributed by atoms with Crippen molar-refractivity contribution >= 4 is 70.2 Å². The molecule has 6 amide bonds. The van der Waals surface area contributed by atoms with E-state index in [1.165, 1.54) is 32.9 Å². The third-order valence-electron chi connectivity index (χ3n) is 17.1. The zero-order valence-electron chi connectivity index (χ0n) is 48.9. The molecule has 7 aromatic rings. The van der Waals surface area contributed by atoms with Crippen LogP contribution in [0.4, 0.5) is 0 Å². The first-order chi connectivity index (χ1) is 42.3. The molecule has 15 heteroatoms. The Bertz CT molecular complexity index is 3070. The van der Waals surface area contributed by atoms with E-state index in [0.29, 0.717) is 48.4 Å². The van der Waals surface area contributed by atoms with Crippen molar-refractivity contribution < 1.29 is 28.8 Å². The Hall–Kier alpha value is -7.77. The van der Waals surface area contributed by atoms with Crippen LogP contribution in [0.2, 0.25) is 15.1 Å². The minimum atomic E-state index is -1.23. The summed E-state index contributed by atoms with van der Waals surface area (Å²) >= 11 is 19.6. The number of nitrogens with one attached hydrogen (secondary N) is 3. The van der Waals surface area contributed by atoms with Gasteiger partial charge in [-0.1, -0.05) is 220 Å². The SMILES string of the molecule is O=C(NC1CCCCC1)[C@H](c1ccc(Cl)cc1)N(Cc1ccccc1)C(=O)c1cc(C(=O)N(Cc2ccccc2)[C@H](C(=O)NC2CCCCC2)c2ccc(Cl)cc2)cc(C(=O)N(Cc2ccccc2)[C@H](C(=O)NC2CCCCC2)c2ccc(Cl)cc2)c1. The molecule has 450 valence electrons. The van der Waals surface area contributed by atoms with Crippen LogP contribution in [0.1, 0.15) is 179 Å². The number of carbonyl (C=O) groups excluding carboxylic acids is 6. The Morgan fingerprint density at radius 3 is 0.793 bits per heavy atom. The van der Waals surface area contributed by atoms with Crippen LogP contribution in [0.5, 0.6) is 0 Å². The van der Waals surface area contributed by atoms with Crippen molar-refractivity contribution in [1.29, 1.82) is 0 Å². The van der Waals surface area contributed by atoms with Crippen LogP contribution >= 0.6 is 34.8 Å².